The summed E-state index contributed by atoms with van der Waals surface area (Å²) in [6.45, 7) is 9.82. The van der Waals surface area contributed by atoms with Crippen LogP contribution in [0.1, 0.15) is 46.3 Å². The summed E-state index contributed by atoms with van der Waals surface area (Å²) >= 11 is 6.01. The number of nitrogens with zero attached hydrogens (tertiary/aromatic N) is 2. The third-order valence-electron chi connectivity index (χ3n) is 4.18. The zero-order valence-corrected chi connectivity index (χ0v) is 16.4. The average Bonchev–Trinajstić information content (AvgIpc) is 2.51. The smallest absolute Gasteiger partial charge is 0.410 e. The first-order valence-electron chi connectivity index (χ1n) is 8.55. The van der Waals surface area contributed by atoms with E-state index in [1.54, 1.807) is 37.8 Å². The van der Waals surface area contributed by atoms with Crippen molar-refractivity contribution in [3.63, 3.8) is 0 Å². The minimum Gasteiger partial charge on any atom is -0.444 e. The van der Waals surface area contributed by atoms with Gasteiger partial charge >= 0.3 is 6.09 Å². The van der Waals surface area contributed by atoms with Crippen molar-refractivity contribution >= 4 is 23.4 Å². The molecule has 1 aromatic rings. The molecule has 26 heavy (non-hydrogen) atoms. The molecule has 0 N–H and O–H groups in total. The van der Waals surface area contributed by atoms with Crippen LogP contribution in [-0.4, -0.2) is 40.7 Å². The molecule has 7 nitrogen and oxygen atoms in total. The maximum absolute atomic E-state index is 12.7. The Hall–Kier alpha value is -1.86. The van der Waals surface area contributed by atoms with E-state index in [1.807, 2.05) is 13.8 Å². The number of amides is 1. The van der Waals surface area contributed by atoms with E-state index >= 15 is 0 Å². The molecule has 1 unspecified atom stereocenters. The SMILES string of the molecule is CC(C)[C@H]1COC(c2cccc(Cl)c2[N+](=O)[O-])CN1C(=O)OC(C)(C)C. The van der Waals surface area contributed by atoms with E-state index in [0.29, 0.717) is 5.56 Å². The molecule has 0 aliphatic carbocycles. The van der Waals surface area contributed by atoms with Gasteiger partial charge in [-0.1, -0.05) is 31.5 Å². The summed E-state index contributed by atoms with van der Waals surface area (Å²) in [4.78, 5) is 25.2. The van der Waals surface area contributed by atoms with Gasteiger partial charge in [0, 0.05) is 0 Å². The van der Waals surface area contributed by atoms with Gasteiger partial charge in [-0.05, 0) is 38.8 Å². The van der Waals surface area contributed by atoms with Crippen LogP contribution in [0, 0.1) is 16.0 Å². The van der Waals surface area contributed by atoms with Crippen molar-refractivity contribution in [2.45, 2.75) is 52.4 Å². The molecule has 8 heteroatoms. The lowest BCUT2D eigenvalue weighted by Crippen LogP contribution is -2.53. The topological polar surface area (TPSA) is 81.9 Å². The molecular weight excluding hydrogens is 360 g/mol. The maximum Gasteiger partial charge on any atom is 0.410 e. The molecule has 1 fully saturated rings. The molecule has 144 valence electrons. The van der Waals surface area contributed by atoms with Gasteiger partial charge in [0.2, 0.25) is 0 Å². The van der Waals surface area contributed by atoms with E-state index in [4.69, 9.17) is 21.1 Å². The number of carbonyl (C=O) groups is 1. The van der Waals surface area contributed by atoms with Crippen molar-refractivity contribution in [3.05, 3.63) is 38.9 Å². The molecule has 1 saturated heterocycles. The van der Waals surface area contributed by atoms with E-state index in [0.717, 1.165) is 0 Å². The Morgan fingerprint density at radius 3 is 2.62 bits per heavy atom. The molecule has 0 radical (unpaired) electrons. The van der Waals surface area contributed by atoms with Gasteiger partial charge in [0.25, 0.3) is 5.69 Å². The predicted molar refractivity (Wildman–Crippen MR) is 98.4 cm³/mol. The number of hydrogen-bond donors (Lipinski definition) is 0. The Bertz CT molecular complexity index is 687. The first kappa shape index (κ1) is 20.5. The number of para-hydroxylation sites is 1. The van der Waals surface area contributed by atoms with E-state index in [1.165, 1.54) is 6.07 Å². The molecular formula is C18H25ClN2O5. The molecule has 0 aromatic heterocycles. The zero-order chi connectivity index (χ0) is 19.6. The standard InChI is InChI=1S/C18H25ClN2O5/c1-11(2)14-10-25-15(9-20(14)17(22)26-18(3,4)5)12-7-6-8-13(19)16(12)21(23)24/h6-8,11,14-15H,9-10H2,1-5H3/t14-,15?/m1/s1. The van der Waals surface area contributed by atoms with Crippen molar-refractivity contribution < 1.29 is 19.2 Å². The quantitative estimate of drug-likeness (QED) is 0.562. The summed E-state index contributed by atoms with van der Waals surface area (Å²) in [6, 6.07) is 4.55. The highest BCUT2D eigenvalue weighted by molar-refractivity contribution is 6.32. The second-order valence-corrected chi connectivity index (χ2v) is 8.11. The number of hydrogen-bond acceptors (Lipinski definition) is 5. The minimum absolute atomic E-state index is 0.0471. The van der Waals surface area contributed by atoms with Gasteiger partial charge < -0.3 is 9.47 Å². The highest BCUT2D eigenvalue weighted by Gasteiger charge is 2.39. The number of morpholine rings is 1. The van der Waals surface area contributed by atoms with E-state index in [2.05, 4.69) is 0 Å². The first-order valence-corrected chi connectivity index (χ1v) is 8.93. The van der Waals surface area contributed by atoms with Crippen molar-refractivity contribution in [1.29, 1.82) is 0 Å². The van der Waals surface area contributed by atoms with E-state index in [-0.39, 0.29) is 35.8 Å². The van der Waals surface area contributed by atoms with Gasteiger partial charge in [-0.3, -0.25) is 15.0 Å². The number of nitro groups is 1. The zero-order valence-electron chi connectivity index (χ0n) is 15.7. The monoisotopic (exact) mass is 384 g/mol. The molecule has 2 rings (SSSR count). The minimum atomic E-state index is -0.642. The van der Waals surface area contributed by atoms with Crippen molar-refractivity contribution in [2.75, 3.05) is 13.2 Å². The number of benzene rings is 1. The Morgan fingerprint density at radius 2 is 2.08 bits per heavy atom. The number of rotatable bonds is 3. The summed E-state index contributed by atoms with van der Waals surface area (Å²) in [6.07, 6.45) is -1.09. The summed E-state index contributed by atoms with van der Waals surface area (Å²) in [5.41, 5.74) is -0.460. The number of nitro benzene ring substituents is 1. The summed E-state index contributed by atoms with van der Waals surface area (Å²) < 4.78 is 11.4. The van der Waals surface area contributed by atoms with Gasteiger partial charge in [-0.25, -0.2) is 4.79 Å². The van der Waals surface area contributed by atoms with Gasteiger partial charge in [0.15, 0.2) is 0 Å². The maximum atomic E-state index is 12.7. The highest BCUT2D eigenvalue weighted by Crippen LogP contribution is 2.37. The van der Waals surface area contributed by atoms with E-state index in [9.17, 15) is 14.9 Å². The third kappa shape index (κ3) is 4.65. The predicted octanol–water partition coefficient (Wildman–Crippen LogP) is 4.58. The molecule has 0 saturated carbocycles. The molecule has 1 heterocycles. The van der Waals surface area contributed by atoms with Gasteiger partial charge in [0.05, 0.1) is 29.7 Å². The summed E-state index contributed by atoms with van der Waals surface area (Å²) in [5, 5.41) is 11.5. The normalized spacial score (nSPS) is 21.0. The van der Waals surface area contributed by atoms with Crippen LogP contribution in [0.4, 0.5) is 10.5 Å². The molecule has 1 aromatic carbocycles. The lowest BCUT2D eigenvalue weighted by Gasteiger charge is -2.41. The number of halogens is 1. The van der Waals surface area contributed by atoms with Gasteiger partial charge in [-0.15, -0.1) is 0 Å². The fraction of sp³-hybridized carbons (Fsp3) is 0.611. The third-order valence-corrected chi connectivity index (χ3v) is 4.48. The van der Waals surface area contributed by atoms with Crippen LogP contribution < -0.4 is 0 Å². The molecule has 1 aliphatic rings. The van der Waals surface area contributed by atoms with Crippen molar-refractivity contribution in [3.8, 4) is 0 Å². The van der Waals surface area contributed by atoms with Crippen LogP contribution in [0.3, 0.4) is 0 Å². The Kier molecular flexibility index (Phi) is 6.13. The van der Waals surface area contributed by atoms with Gasteiger partial charge in [-0.2, -0.15) is 0 Å². The Morgan fingerprint density at radius 1 is 1.42 bits per heavy atom. The van der Waals surface area contributed by atoms with Crippen LogP contribution >= 0.6 is 11.6 Å². The Balaban J connectivity index is 2.33. The first-order chi connectivity index (χ1) is 12.0. The molecule has 2 atom stereocenters. The fourth-order valence-electron chi connectivity index (χ4n) is 2.93. The summed E-state index contributed by atoms with van der Waals surface area (Å²) in [5.74, 6) is 0.151. The van der Waals surface area contributed by atoms with Gasteiger partial charge in [0.1, 0.15) is 16.7 Å². The molecule has 0 spiro atoms. The average molecular weight is 385 g/mol. The lowest BCUT2D eigenvalue weighted by molar-refractivity contribution is -0.386. The fourth-order valence-corrected chi connectivity index (χ4v) is 3.18. The van der Waals surface area contributed by atoms with Crippen LogP contribution in [0.15, 0.2) is 18.2 Å². The Labute approximate surface area is 158 Å². The molecule has 0 bridgehead atoms. The van der Waals surface area contributed by atoms with E-state index < -0.39 is 22.7 Å². The van der Waals surface area contributed by atoms with Crippen molar-refractivity contribution in [1.82, 2.24) is 4.90 Å². The highest BCUT2D eigenvalue weighted by atomic mass is 35.5. The van der Waals surface area contributed by atoms with Crippen LogP contribution in [0.2, 0.25) is 5.02 Å². The second kappa shape index (κ2) is 7.80. The van der Waals surface area contributed by atoms with Crippen LogP contribution in [0.25, 0.3) is 0 Å². The largest absolute Gasteiger partial charge is 0.444 e. The number of carbonyl (C=O) groups excluding carboxylic acids is 1. The summed E-state index contributed by atoms with van der Waals surface area (Å²) in [7, 11) is 0. The molecule has 1 aliphatic heterocycles. The van der Waals surface area contributed by atoms with Crippen LogP contribution in [-0.2, 0) is 9.47 Å². The number of ether oxygens (including phenoxy) is 2. The second-order valence-electron chi connectivity index (χ2n) is 7.70. The molecule has 1 amide bonds. The van der Waals surface area contributed by atoms with Crippen molar-refractivity contribution in [2.24, 2.45) is 5.92 Å². The lowest BCUT2D eigenvalue weighted by atomic mass is 9.98. The van der Waals surface area contributed by atoms with Crippen LogP contribution in [0.5, 0.6) is 0 Å².